The van der Waals surface area contributed by atoms with Crippen LogP contribution in [0.2, 0.25) is 0 Å². The zero-order chi connectivity index (χ0) is 19.2. The number of allylic oxidation sites excluding steroid dienone is 1. The quantitative estimate of drug-likeness (QED) is 0.832. The fourth-order valence-electron chi connectivity index (χ4n) is 2.87. The van der Waals surface area contributed by atoms with Crippen molar-refractivity contribution in [3.05, 3.63) is 76.3 Å². The molecule has 1 aliphatic heterocycles. The second-order valence-electron chi connectivity index (χ2n) is 6.27. The standard InChI is InChI=1S/C21H19N3O2S/c1-14-7-9-15(10-8-14)17-11-19(25)24-21(18(17)12-22)27-13-20(26)23-16-5-3-2-4-6-16/h2-10,17H,11,13H2,1H3,(H,23,26)(H,24,25)/t17-/m1/s1. The normalized spacial score (nSPS) is 16.4. The summed E-state index contributed by atoms with van der Waals surface area (Å²) < 4.78 is 0. The topological polar surface area (TPSA) is 82.0 Å². The molecule has 0 aromatic heterocycles. The Balaban J connectivity index is 1.75. The van der Waals surface area contributed by atoms with E-state index in [0.29, 0.717) is 16.3 Å². The van der Waals surface area contributed by atoms with E-state index in [1.165, 1.54) is 11.8 Å². The summed E-state index contributed by atoms with van der Waals surface area (Å²) in [6.45, 7) is 1.99. The minimum Gasteiger partial charge on any atom is -0.325 e. The van der Waals surface area contributed by atoms with Crippen LogP contribution in [0.1, 0.15) is 23.5 Å². The number of hydrogen-bond acceptors (Lipinski definition) is 4. The van der Waals surface area contributed by atoms with E-state index in [2.05, 4.69) is 16.7 Å². The molecule has 0 radical (unpaired) electrons. The third-order valence-electron chi connectivity index (χ3n) is 4.24. The van der Waals surface area contributed by atoms with E-state index in [1.807, 2.05) is 49.4 Å². The zero-order valence-corrected chi connectivity index (χ0v) is 15.7. The smallest absolute Gasteiger partial charge is 0.234 e. The van der Waals surface area contributed by atoms with Crippen LogP contribution in [0.5, 0.6) is 0 Å². The molecule has 0 fully saturated rings. The van der Waals surface area contributed by atoms with Crippen LogP contribution >= 0.6 is 11.8 Å². The molecule has 0 unspecified atom stereocenters. The summed E-state index contributed by atoms with van der Waals surface area (Å²) >= 11 is 1.18. The molecule has 0 saturated heterocycles. The fraction of sp³-hybridized carbons (Fsp3) is 0.190. The Morgan fingerprint density at radius 1 is 1.22 bits per heavy atom. The Morgan fingerprint density at radius 2 is 1.93 bits per heavy atom. The Morgan fingerprint density at radius 3 is 2.59 bits per heavy atom. The molecule has 5 nitrogen and oxygen atoms in total. The summed E-state index contributed by atoms with van der Waals surface area (Å²) in [5.41, 5.74) is 3.26. The van der Waals surface area contributed by atoms with Gasteiger partial charge in [0.25, 0.3) is 0 Å². The van der Waals surface area contributed by atoms with Crippen LogP contribution in [0, 0.1) is 18.3 Å². The molecule has 1 heterocycles. The number of nitrogens with one attached hydrogen (secondary N) is 2. The van der Waals surface area contributed by atoms with Gasteiger partial charge in [-0.05, 0) is 24.6 Å². The lowest BCUT2D eigenvalue weighted by atomic mass is 9.87. The number of rotatable bonds is 5. The molecule has 2 amide bonds. The minimum absolute atomic E-state index is 0.107. The molecule has 27 heavy (non-hydrogen) atoms. The number of amides is 2. The number of para-hydroxylation sites is 1. The second-order valence-corrected chi connectivity index (χ2v) is 7.26. The number of carbonyl (C=O) groups excluding carboxylic acids is 2. The van der Waals surface area contributed by atoms with Crippen molar-refractivity contribution in [2.24, 2.45) is 0 Å². The molecule has 2 aromatic carbocycles. The molecule has 1 atom stereocenters. The first-order chi connectivity index (χ1) is 13.1. The summed E-state index contributed by atoms with van der Waals surface area (Å²) in [5.74, 6) is -0.520. The Kier molecular flexibility index (Phi) is 5.94. The molecule has 3 rings (SSSR count). The highest BCUT2D eigenvalue weighted by Crippen LogP contribution is 2.35. The van der Waals surface area contributed by atoms with Gasteiger partial charge in [0.15, 0.2) is 0 Å². The van der Waals surface area contributed by atoms with Crippen LogP contribution in [-0.2, 0) is 9.59 Å². The second kappa shape index (κ2) is 8.56. The molecule has 2 N–H and O–H groups in total. The van der Waals surface area contributed by atoms with Gasteiger partial charge >= 0.3 is 0 Å². The molecule has 1 aliphatic rings. The van der Waals surface area contributed by atoms with Crippen LogP contribution < -0.4 is 10.6 Å². The Bertz CT molecular complexity index is 915. The van der Waals surface area contributed by atoms with Crippen molar-refractivity contribution in [1.29, 1.82) is 5.26 Å². The van der Waals surface area contributed by atoms with Gasteiger partial charge in [-0.2, -0.15) is 5.26 Å². The number of anilines is 1. The van der Waals surface area contributed by atoms with Crippen LogP contribution in [0.3, 0.4) is 0 Å². The predicted octanol–water partition coefficient (Wildman–Crippen LogP) is 3.71. The molecule has 0 aliphatic carbocycles. The van der Waals surface area contributed by atoms with Crippen molar-refractivity contribution in [3.8, 4) is 6.07 Å². The first-order valence-electron chi connectivity index (χ1n) is 8.55. The summed E-state index contributed by atoms with van der Waals surface area (Å²) in [4.78, 5) is 24.3. The predicted molar refractivity (Wildman–Crippen MR) is 107 cm³/mol. The first kappa shape index (κ1) is 18.7. The molecule has 136 valence electrons. The Hall–Kier alpha value is -3.04. The lowest BCUT2D eigenvalue weighted by Gasteiger charge is -2.25. The highest BCUT2D eigenvalue weighted by Gasteiger charge is 2.29. The molecule has 0 saturated carbocycles. The number of hydrogen-bond donors (Lipinski definition) is 2. The maximum atomic E-state index is 12.2. The maximum absolute atomic E-state index is 12.2. The van der Waals surface area contributed by atoms with Crippen molar-refractivity contribution < 1.29 is 9.59 Å². The van der Waals surface area contributed by atoms with Crippen molar-refractivity contribution >= 4 is 29.3 Å². The van der Waals surface area contributed by atoms with E-state index < -0.39 is 0 Å². The van der Waals surface area contributed by atoms with Crippen LogP contribution in [0.4, 0.5) is 5.69 Å². The molecule has 0 bridgehead atoms. The number of nitriles is 1. The monoisotopic (exact) mass is 377 g/mol. The number of thioether (sulfide) groups is 1. The van der Waals surface area contributed by atoms with Crippen LogP contribution in [-0.4, -0.2) is 17.6 Å². The molecule has 6 heteroatoms. The summed E-state index contributed by atoms with van der Waals surface area (Å²) in [6.07, 6.45) is 0.228. The van der Waals surface area contributed by atoms with Gasteiger partial charge in [-0.3, -0.25) is 9.59 Å². The third kappa shape index (κ3) is 4.78. The summed E-state index contributed by atoms with van der Waals surface area (Å²) in [5, 5.41) is 15.7. The average Bonchev–Trinajstić information content (AvgIpc) is 2.67. The highest BCUT2D eigenvalue weighted by molar-refractivity contribution is 8.03. The number of aryl methyl sites for hydroxylation is 1. The van der Waals surface area contributed by atoms with Crippen molar-refractivity contribution in [2.45, 2.75) is 19.3 Å². The van der Waals surface area contributed by atoms with Gasteiger partial charge in [0, 0.05) is 18.0 Å². The van der Waals surface area contributed by atoms with Gasteiger partial charge in [-0.15, -0.1) is 0 Å². The first-order valence-corrected chi connectivity index (χ1v) is 9.54. The average molecular weight is 377 g/mol. The zero-order valence-electron chi connectivity index (χ0n) is 14.9. The van der Waals surface area contributed by atoms with Gasteiger partial charge in [0.2, 0.25) is 11.8 Å². The summed E-state index contributed by atoms with van der Waals surface area (Å²) in [6, 6.07) is 19.2. The third-order valence-corrected chi connectivity index (χ3v) is 5.26. The number of carbonyl (C=O) groups is 2. The Labute approximate surface area is 162 Å². The number of nitrogens with zero attached hydrogens (tertiary/aromatic N) is 1. The van der Waals surface area contributed by atoms with Gasteiger partial charge in [0.05, 0.1) is 22.4 Å². The lowest BCUT2D eigenvalue weighted by molar-refractivity contribution is -0.121. The SMILES string of the molecule is Cc1ccc([C@H]2CC(=O)NC(SCC(=O)Nc3ccccc3)=C2C#N)cc1. The largest absolute Gasteiger partial charge is 0.325 e. The van der Waals surface area contributed by atoms with E-state index in [-0.39, 0.29) is 29.9 Å². The van der Waals surface area contributed by atoms with E-state index >= 15 is 0 Å². The molecular weight excluding hydrogens is 358 g/mol. The van der Waals surface area contributed by atoms with Gasteiger partial charge in [-0.1, -0.05) is 59.8 Å². The van der Waals surface area contributed by atoms with E-state index in [9.17, 15) is 14.9 Å². The number of benzene rings is 2. The summed E-state index contributed by atoms with van der Waals surface area (Å²) in [7, 11) is 0. The van der Waals surface area contributed by atoms with Crippen molar-refractivity contribution in [1.82, 2.24) is 5.32 Å². The maximum Gasteiger partial charge on any atom is 0.234 e. The lowest BCUT2D eigenvalue weighted by Crippen LogP contribution is -2.31. The highest BCUT2D eigenvalue weighted by atomic mass is 32.2. The van der Waals surface area contributed by atoms with Crippen molar-refractivity contribution in [2.75, 3.05) is 11.1 Å². The van der Waals surface area contributed by atoms with Gasteiger partial charge in [-0.25, -0.2) is 0 Å². The fourth-order valence-corrected chi connectivity index (χ4v) is 3.75. The van der Waals surface area contributed by atoms with Gasteiger partial charge in [0.1, 0.15) is 0 Å². The molecular formula is C21H19N3O2S. The van der Waals surface area contributed by atoms with E-state index in [4.69, 9.17) is 0 Å². The molecule has 0 spiro atoms. The van der Waals surface area contributed by atoms with E-state index in [0.717, 1.165) is 11.1 Å². The van der Waals surface area contributed by atoms with E-state index in [1.54, 1.807) is 12.1 Å². The van der Waals surface area contributed by atoms with Crippen molar-refractivity contribution in [3.63, 3.8) is 0 Å². The van der Waals surface area contributed by atoms with Crippen LogP contribution in [0.15, 0.2) is 65.2 Å². The molecule has 2 aromatic rings. The van der Waals surface area contributed by atoms with Crippen LogP contribution in [0.25, 0.3) is 0 Å². The minimum atomic E-state index is -0.288. The van der Waals surface area contributed by atoms with Gasteiger partial charge < -0.3 is 10.6 Å².